The largest absolute Gasteiger partial charge is 0.508 e. The summed E-state index contributed by atoms with van der Waals surface area (Å²) in [7, 11) is 3.87. The molecule has 0 radical (unpaired) electrons. The summed E-state index contributed by atoms with van der Waals surface area (Å²) in [6.07, 6.45) is 0.921. The molecule has 0 aromatic heterocycles. The molecule has 138 valence electrons. The van der Waals surface area contributed by atoms with Gasteiger partial charge in [0.05, 0.1) is 10.0 Å². The first-order valence-corrected chi connectivity index (χ1v) is 9.27. The monoisotopic (exact) mass is 392 g/mol. The minimum Gasteiger partial charge on any atom is -0.508 e. The highest BCUT2D eigenvalue weighted by atomic mass is 35.5. The van der Waals surface area contributed by atoms with Gasteiger partial charge in [0.25, 0.3) is 0 Å². The molecule has 0 bridgehead atoms. The predicted octanol–water partition coefficient (Wildman–Crippen LogP) is 3.41. The molecule has 0 saturated heterocycles. The fourth-order valence-electron chi connectivity index (χ4n) is 3.67. The first-order valence-electron chi connectivity index (χ1n) is 8.52. The van der Waals surface area contributed by atoms with Gasteiger partial charge in [-0.15, -0.1) is 0 Å². The molecular formula is C20H22Cl2N2O2. The normalized spacial score (nSPS) is 19.4. The van der Waals surface area contributed by atoms with Gasteiger partial charge in [0.2, 0.25) is 0 Å². The van der Waals surface area contributed by atoms with Crippen LogP contribution in [0.2, 0.25) is 10.0 Å². The summed E-state index contributed by atoms with van der Waals surface area (Å²) in [4.78, 5) is 15.4. The van der Waals surface area contributed by atoms with Gasteiger partial charge in [0.1, 0.15) is 11.3 Å². The smallest absolute Gasteiger partial charge is 0.163 e. The van der Waals surface area contributed by atoms with Crippen molar-refractivity contribution in [1.82, 2.24) is 10.2 Å². The number of nitrogens with zero attached hydrogens (tertiary/aromatic N) is 1. The van der Waals surface area contributed by atoms with Crippen LogP contribution < -0.4 is 5.32 Å². The Bertz CT molecular complexity index is 839. The summed E-state index contributed by atoms with van der Waals surface area (Å²) in [6.45, 7) is 1.13. The lowest BCUT2D eigenvalue weighted by atomic mass is 9.77. The summed E-state index contributed by atoms with van der Waals surface area (Å²) in [6, 6.07) is 10.7. The van der Waals surface area contributed by atoms with Crippen LogP contribution in [0, 0.1) is 0 Å². The van der Waals surface area contributed by atoms with Crippen molar-refractivity contribution < 1.29 is 9.90 Å². The maximum Gasteiger partial charge on any atom is 0.163 e. The van der Waals surface area contributed by atoms with E-state index in [0.29, 0.717) is 29.6 Å². The van der Waals surface area contributed by atoms with Crippen LogP contribution in [-0.2, 0) is 23.2 Å². The van der Waals surface area contributed by atoms with E-state index >= 15 is 0 Å². The molecule has 4 nitrogen and oxygen atoms in total. The number of rotatable bonds is 5. The van der Waals surface area contributed by atoms with Gasteiger partial charge in [0.15, 0.2) is 5.78 Å². The number of carbonyl (C=O) groups excluding carboxylic acids is 1. The number of halogens is 2. The van der Waals surface area contributed by atoms with Crippen LogP contribution >= 0.6 is 23.2 Å². The molecule has 6 heteroatoms. The number of carbonyl (C=O) groups is 1. The van der Waals surface area contributed by atoms with Gasteiger partial charge in [-0.1, -0.05) is 41.4 Å². The second-order valence-electron chi connectivity index (χ2n) is 6.97. The molecule has 1 aliphatic rings. The molecule has 0 aliphatic carbocycles. The van der Waals surface area contributed by atoms with E-state index in [1.807, 2.05) is 31.1 Å². The average Bonchev–Trinajstić information content (AvgIpc) is 2.58. The van der Waals surface area contributed by atoms with E-state index in [4.69, 9.17) is 23.2 Å². The summed E-state index contributed by atoms with van der Waals surface area (Å²) in [5.74, 6) is 0.283. The number of hydrogen-bond acceptors (Lipinski definition) is 4. The van der Waals surface area contributed by atoms with Crippen molar-refractivity contribution >= 4 is 29.0 Å². The number of fused-ring (bicyclic) bond motifs is 1. The minimum absolute atomic E-state index is 0.0381. The Morgan fingerprint density at radius 3 is 2.69 bits per heavy atom. The fraction of sp³-hybridized carbons (Fsp3) is 0.350. The van der Waals surface area contributed by atoms with Gasteiger partial charge >= 0.3 is 0 Å². The van der Waals surface area contributed by atoms with Crippen LogP contribution in [0.25, 0.3) is 0 Å². The Morgan fingerprint density at radius 1 is 1.23 bits per heavy atom. The van der Waals surface area contributed by atoms with Gasteiger partial charge in [-0.05, 0) is 49.8 Å². The quantitative estimate of drug-likeness (QED) is 0.818. The molecule has 2 aromatic carbocycles. The molecule has 0 spiro atoms. The maximum absolute atomic E-state index is 13.4. The third kappa shape index (κ3) is 3.60. The van der Waals surface area contributed by atoms with Crippen molar-refractivity contribution in [3.8, 4) is 5.75 Å². The lowest BCUT2D eigenvalue weighted by molar-refractivity contribution is -0.126. The lowest BCUT2D eigenvalue weighted by Gasteiger charge is -2.41. The number of aromatic hydroxyl groups is 1. The highest BCUT2D eigenvalue weighted by Crippen LogP contribution is 2.36. The van der Waals surface area contributed by atoms with Crippen LogP contribution in [-0.4, -0.2) is 43.0 Å². The first kappa shape index (κ1) is 19.2. The van der Waals surface area contributed by atoms with Crippen LogP contribution in [0.5, 0.6) is 5.75 Å². The van der Waals surface area contributed by atoms with Crippen molar-refractivity contribution in [2.45, 2.75) is 18.4 Å². The number of phenolic OH excluding ortho intramolecular Hbond substituents is 1. The summed E-state index contributed by atoms with van der Waals surface area (Å²) in [5, 5.41) is 14.6. The van der Waals surface area contributed by atoms with E-state index in [1.165, 1.54) is 0 Å². The van der Waals surface area contributed by atoms with E-state index in [1.54, 1.807) is 24.3 Å². The van der Waals surface area contributed by atoms with E-state index in [9.17, 15) is 9.90 Å². The fourth-order valence-corrected chi connectivity index (χ4v) is 3.99. The van der Waals surface area contributed by atoms with Crippen molar-refractivity contribution in [1.29, 1.82) is 0 Å². The number of Topliss-reactive ketones (excluding diaryl/α,β-unsaturated/α-hetero) is 1. The van der Waals surface area contributed by atoms with Gasteiger partial charge < -0.3 is 10.0 Å². The van der Waals surface area contributed by atoms with Crippen LogP contribution in [0.1, 0.15) is 16.7 Å². The zero-order valence-corrected chi connectivity index (χ0v) is 16.4. The molecule has 0 saturated carbocycles. The molecule has 2 aromatic rings. The molecule has 1 atom stereocenters. The zero-order valence-electron chi connectivity index (χ0n) is 14.9. The summed E-state index contributed by atoms with van der Waals surface area (Å²) in [5.41, 5.74) is 1.64. The number of nitrogens with one attached hydrogen (secondary N) is 1. The zero-order chi connectivity index (χ0) is 18.9. The second kappa shape index (κ2) is 7.57. The van der Waals surface area contributed by atoms with Gasteiger partial charge in [-0.25, -0.2) is 0 Å². The third-order valence-corrected chi connectivity index (χ3v) is 5.53. The van der Waals surface area contributed by atoms with Gasteiger partial charge in [-0.2, -0.15) is 0 Å². The number of likely N-dealkylation sites (N-methyl/N-ethyl adjacent to an activating group) is 1. The first-order chi connectivity index (χ1) is 12.3. The van der Waals surface area contributed by atoms with E-state index in [-0.39, 0.29) is 18.0 Å². The average molecular weight is 393 g/mol. The topological polar surface area (TPSA) is 52.6 Å². The Balaban J connectivity index is 2.02. The molecule has 26 heavy (non-hydrogen) atoms. The maximum atomic E-state index is 13.4. The molecule has 3 rings (SSSR count). The van der Waals surface area contributed by atoms with Crippen molar-refractivity contribution in [3.05, 3.63) is 63.1 Å². The van der Waals surface area contributed by atoms with Gasteiger partial charge in [0, 0.05) is 25.1 Å². The summed E-state index contributed by atoms with van der Waals surface area (Å²) < 4.78 is 0. The second-order valence-corrected chi connectivity index (χ2v) is 7.79. The van der Waals surface area contributed by atoms with E-state index in [2.05, 4.69) is 5.32 Å². The predicted molar refractivity (Wildman–Crippen MR) is 105 cm³/mol. The van der Waals surface area contributed by atoms with E-state index in [0.717, 1.165) is 16.7 Å². The highest BCUT2D eigenvalue weighted by Gasteiger charge is 2.43. The Morgan fingerprint density at radius 2 is 2.00 bits per heavy atom. The molecule has 0 amide bonds. The van der Waals surface area contributed by atoms with Crippen LogP contribution in [0.3, 0.4) is 0 Å². The highest BCUT2D eigenvalue weighted by molar-refractivity contribution is 6.42. The molecule has 1 unspecified atom stereocenters. The third-order valence-electron chi connectivity index (χ3n) is 4.79. The van der Waals surface area contributed by atoms with Crippen LogP contribution in [0.15, 0.2) is 36.4 Å². The molecule has 1 aliphatic heterocycles. The Labute approximate surface area is 163 Å². The lowest BCUT2D eigenvalue weighted by Crippen LogP contribution is -2.58. The standard InChI is InChI=1S/C20H22Cl2N2O2/c1-24(2)12-20(15-4-3-5-18(25)14(15)8-9-23-20)19(26)11-13-6-7-16(21)17(22)10-13/h3-7,10,23,25H,8-9,11-12H2,1-2H3. The van der Waals surface area contributed by atoms with Crippen molar-refractivity contribution in [2.24, 2.45) is 0 Å². The molecule has 1 heterocycles. The van der Waals surface area contributed by atoms with Gasteiger partial charge in [-0.3, -0.25) is 10.1 Å². The molecule has 0 fully saturated rings. The Kier molecular flexibility index (Phi) is 5.58. The minimum atomic E-state index is -0.873. The number of benzene rings is 2. The number of phenols is 1. The van der Waals surface area contributed by atoms with Crippen molar-refractivity contribution in [2.75, 3.05) is 27.2 Å². The van der Waals surface area contributed by atoms with Crippen molar-refractivity contribution in [3.63, 3.8) is 0 Å². The summed E-state index contributed by atoms with van der Waals surface area (Å²) >= 11 is 12.1. The molecule has 2 N–H and O–H groups in total. The number of ketones is 1. The molecular weight excluding hydrogens is 371 g/mol. The van der Waals surface area contributed by atoms with E-state index < -0.39 is 5.54 Å². The van der Waals surface area contributed by atoms with Crippen LogP contribution in [0.4, 0.5) is 0 Å². The number of hydrogen-bond donors (Lipinski definition) is 2. The SMILES string of the molecule is CN(C)CC1(C(=O)Cc2ccc(Cl)c(Cl)c2)NCCc2c(O)cccc21. The Hall–Kier alpha value is -1.59.